The van der Waals surface area contributed by atoms with Gasteiger partial charge in [0.25, 0.3) is 0 Å². The molecule has 0 unspecified atom stereocenters. The maximum atomic E-state index is 11.4. The van der Waals surface area contributed by atoms with Crippen LogP contribution in [0, 0.1) is 5.41 Å². The van der Waals surface area contributed by atoms with Crippen LogP contribution >= 0.6 is 0 Å². The van der Waals surface area contributed by atoms with Gasteiger partial charge in [0, 0.05) is 32.0 Å². The number of aliphatic carboxylic acids is 1. The minimum Gasteiger partial charge on any atom is -0.481 e. The van der Waals surface area contributed by atoms with Crippen LogP contribution in [0.3, 0.4) is 0 Å². The molecule has 1 aliphatic heterocycles. The van der Waals surface area contributed by atoms with Crippen molar-refractivity contribution < 1.29 is 9.90 Å². The van der Waals surface area contributed by atoms with Crippen LogP contribution in [0.4, 0.5) is 0 Å². The zero-order valence-corrected chi connectivity index (χ0v) is 11.9. The van der Waals surface area contributed by atoms with Crippen molar-refractivity contribution in [3.8, 4) is 0 Å². The van der Waals surface area contributed by atoms with Crippen LogP contribution in [0.25, 0.3) is 0 Å². The van der Waals surface area contributed by atoms with Crippen molar-refractivity contribution in [2.24, 2.45) is 10.4 Å². The molecule has 1 N–H and O–H groups in total. The summed E-state index contributed by atoms with van der Waals surface area (Å²) in [5.41, 5.74) is 1.84. The minimum absolute atomic E-state index is 0.510. The molecule has 1 fully saturated rings. The first-order chi connectivity index (χ1) is 8.46. The van der Waals surface area contributed by atoms with E-state index < -0.39 is 11.4 Å². The standard InChI is InChI=1S/C14H24N2O2/c1-5-14(13(17)18)6-8-16(9-7-14)12(3)11(2)10-15-4/h10H,5-9H2,1-4H3,(H,17,18)/b12-11+,15-10?. The van der Waals surface area contributed by atoms with E-state index in [-0.39, 0.29) is 0 Å². The van der Waals surface area contributed by atoms with E-state index in [9.17, 15) is 9.90 Å². The van der Waals surface area contributed by atoms with Crippen molar-refractivity contribution in [3.63, 3.8) is 0 Å². The summed E-state index contributed by atoms with van der Waals surface area (Å²) in [5.74, 6) is -0.641. The number of carboxylic acid groups (broad SMARTS) is 1. The number of carboxylic acids is 1. The molecule has 0 saturated carbocycles. The Balaban J connectivity index is 2.75. The maximum Gasteiger partial charge on any atom is 0.309 e. The molecule has 0 bridgehead atoms. The van der Waals surface area contributed by atoms with Gasteiger partial charge >= 0.3 is 5.97 Å². The third kappa shape index (κ3) is 2.92. The lowest BCUT2D eigenvalue weighted by molar-refractivity contribution is -0.152. The number of hydrogen-bond donors (Lipinski definition) is 1. The quantitative estimate of drug-likeness (QED) is 0.782. The molecular formula is C14H24N2O2. The van der Waals surface area contributed by atoms with Crippen molar-refractivity contribution in [2.75, 3.05) is 20.1 Å². The summed E-state index contributed by atoms with van der Waals surface area (Å²) in [6, 6.07) is 0. The van der Waals surface area contributed by atoms with Crippen molar-refractivity contribution in [1.82, 2.24) is 4.90 Å². The lowest BCUT2D eigenvalue weighted by Gasteiger charge is -2.40. The molecule has 1 rings (SSSR count). The summed E-state index contributed by atoms with van der Waals surface area (Å²) in [6.07, 6.45) is 4.03. The Morgan fingerprint density at radius 3 is 2.33 bits per heavy atom. The molecule has 0 radical (unpaired) electrons. The third-order valence-electron chi connectivity index (χ3n) is 4.22. The fraction of sp³-hybridized carbons (Fsp3) is 0.714. The highest BCUT2D eigenvalue weighted by Crippen LogP contribution is 2.36. The first-order valence-corrected chi connectivity index (χ1v) is 6.55. The van der Waals surface area contributed by atoms with E-state index >= 15 is 0 Å². The third-order valence-corrected chi connectivity index (χ3v) is 4.22. The second kappa shape index (κ2) is 6.03. The Morgan fingerprint density at radius 1 is 1.39 bits per heavy atom. The van der Waals surface area contributed by atoms with Crippen LogP contribution in [-0.2, 0) is 4.79 Å². The predicted molar refractivity (Wildman–Crippen MR) is 74.0 cm³/mol. The van der Waals surface area contributed by atoms with E-state index in [2.05, 4.69) is 16.8 Å². The summed E-state index contributed by atoms with van der Waals surface area (Å²) < 4.78 is 0. The number of rotatable bonds is 4. The number of carbonyl (C=O) groups is 1. The van der Waals surface area contributed by atoms with E-state index in [0.29, 0.717) is 6.42 Å². The SMILES string of the molecule is CCC1(C(=O)O)CCN(/C(C)=C(\C)C=NC)CC1. The van der Waals surface area contributed by atoms with Crippen molar-refractivity contribution in [1.29, 1.82) is 0 Å². The predicted octanol–water partition coefficient (Wildman–Crippen LogP) is 2.56. The molecule has 0 atom stereocenters. The van der Waals surface area contributed by atoms with Gasteiger partial charge in [0.05, 0.1) is 5.41 Å². The van der Waals surface area contributed by atoms with Gasteiger partial charge in [0.2, 0.25) is 0 Å². The number of nitrogens with zero attached hydrogens (tertiary/aromatic N) is 2. The van der Waals surface area contributed by atoms with E-state index in [1.807, 2.05) is 20.1 Å². The van der Waals surface area contributed by atoms with E-state index in [4.69, 9.17) is 0 Å². The van der Waals surface area contributed by atoms with Crippen LogP contribution in [-0.4, -0.2) is 42.3 Å². The van der Waals surface area contributed by atoms with Crippen molar-refractivity contribution in [2.45, 2.75) is 40.0 Å². The minimum atomic E-state index is -0.641. The number of allylic oxidation sites excluding steroid dienone is 2. The molecule has 4 nitrogen and oxygen atoms in total. The largest absolute Gasteiger partial charge is 0.481 e. The number of aliphatic imine (C=N–C) groups is 1. The lowest BCUT2D eigenvalue weighted by atomic mass is 9.76. The number of piperidine rings is 1. The van der Waals surface area contributed by atoms with Crippen LogP contribution in [0.2, 0.25) is 0 Å². The van der Waals surface area contributed by atoms with Gasteiger partial charge in [-0.25, -0.2) is 0 Å². The molecule has 0 aromatic rings. The van der Waals surface area contributed by atoms with E-state index in [1.165, 1.54) is 5.70 Å². The van der Waals surface area contributed by atoms with Crippen molar-refractivity contribution >= 4 is 12.2 Å². The molecular weight excluding hydrogens is 228 g/mol. The maximum absolute atomic E-state index is 11.4. The molecule has 102 valence electrons. The summed E-state index contributed by atoms with van der Waals surface area (Å²) in [7, 11) is 1.76. The van der Waals surface area contributed by atoms with Gasteiger partial charge in [-0.2, -0.15) is 0 Å². The molecule has 0 aromatic carbocycles. The molecule has 1 aliphatic rings. The average molecular weight is 252 g/mol. The molecule has 18 heavy (non-hydrogen) atoms. The summed E-state index contributed by atoms with van der Waals surface area (Å²) in [5, 5.41) is 9.36. The average Bonchev–Trinajstić information content (AvgIpc) is 2.38. The Hall–Kier alpha value is -1.32. The Bertz CT molecular complexity index is 364. The first-order valence-electron chi connectivity index (χ1n) is 6.55. The topological polar surface area (TPSA) is 52.9 Å². The second-order valence-corrected chi connectivity index (χ2v) is 5.08. The second-order valence-electron chi connectivity index (χ2n) is 5.08. The monoisotopic (exact) mass is 252 g/mol. The summed E-state index contributed by atoms with van der Waals surface area (Å²) >= 11 is 0. The fourth-order valence-electron chi connectivity index (χ4n) is 2.53. The van der Waals surface area contributed by atoms with E-state index in [0.717, 1.165) is 31.5 Å². The summed E-state index contributed by atoms with van der Waals surface area (Å²) in [6.45, 7) is 7.74. The molecule has 0 aromatic heterocycles. The van der Waals surface area contributed by atoms with Gasteiger partial charge < -0.3 is 10.0 Å². The number of likely N-dealkylation sites (tertiary alicyclic amines) is 1. The molecule has 1 heterocycles. The molecule has 1 saturated heterocycles. The van der Waals surface area contributed by atoms with Crippen LogP contribution in [0.15, 0.2) is 16.3 Å². The van der Waals surface area contributed by atoms with Crippen LogP contribution < -0.4 is 0 Å². The normalized spacial score (nSPS) is 21.0. The highest BCUT2D eigenvalue weighted by molar-refractivity contribution is 5.78. The lowest BCUT2D eigenvalue weighted by Crippen LogP contribution is -2.43. The zero-order valence-electron chi connectivity index (χ0n) is 11.9. The van der Waals surface area contributed by atoms with Gasteiger partial charge in [-0.05, 0) is 38.7 Å². The number of hydrogen-bond acceptors (Lipinski definition) is 3. The van der Waals surface area contributed by atoms with Gasteiger partial charge in [-0.1, -0.05) is 6.92 Å². The van der Waals surface area contributed by atoms with Crippen molar-refractivity contribution in [3.05, 3.63) is 11.3 Å². The zero-order chi connectivity index (χ0) is 13.8. The first kappa shape index (κ1) is 14.7. The van der Waals surface area contributed by atoms with Crippen LogP contribution in [0.1, 0.15) is 40.0 Å². The highest BCUT2D eigenvalue weighted by atomic mass is 16.4. The Labute approximate surface area is 109 Å². The Morgan fingerprint density at radius 2 is 1.94 bits per heavy atom. The smallest absolute Gasteiger partial charge is 0.309 e. The molecule has 4 heteroatoms. The van der Waals surface area contributed by atoms with Gasteiger partial charge in [-0.3, -0.25) is 9.79 Å². The van der Waals surface area contributed by atoms with E-state index in [1.54, 1.807) is 7.05 Å². The fourth-order valence-corrected chi connectivity index (χ4v) is 2.53. The molecule has 0 spiro atoms. The Kier molecular flexibility index (Phi) is 4.93. The molecule has 0 amide bonds. The summed E-state index contributed by atoms with van der Waals surface area (Å²) in [4.78, 5) is 17.7. The van der Waals surface area contributed by atoms with Gasteiger partial charge in [-0.15, -0.1) is 0 Å². The van der Waals surface area contributed by atoms with Crippen LogP contribution in [0.5, 0.6) is 0 Å². The highest BCUT2D eigenvalue weighted by Gasteiger charge is 2.39. The molecule has 0 aliphatic carbocycles. The van der Waals surface area contributed by atoms with Gasteiger partial charge in [0.1, 0.15) is 0 Å². The van der Waals surface area contributed by atoms with Gasteiger partial charge in [0.15, 0.2) is 0 Å².